The first-order chi connectivity index (χ1) is 24.1. The van der Waals surface area contributed by atoms with E-state index >= 15 is 0 Å². The molecule has 4 nitrogen and oxygen atoms in total. The van der Waals surface area contributed by atoms with E-state index in [1.54, 1.807) is 12.1 Å². The van der Waals surface area contributed by atoms with Crippen LogP contribution in [-0.2, 0) is 9.84 Å². The molecule has 0 atom stereocenters. The van der Waals surface area contributed by atoms with Crippen LogP contribution in [0.15, 0.2) is 199 Å². The molecule has 8 rings (SSSR count). The normalized spacial score (nSPS) is 13.1. The molecule has 0 saturated heterocycles. The average Bonchev–Trinajstić information content (AvgIpc) is 3.40. The summed E-state index contributed by atoms with van der Waals surface area (Å²) in [6.45, 7) is 0. The van der Waals surface area contributed by atoms with E-state index < -0.39 is 9.84 Å². The number of anilines is 6. The third-order valence-corrected chi connectivity index (χ3v) is 10.7. The summed E-state index contributed by atoms with van der Waals surface area (Å²) in [7, 11) is -3.79. The van der Waals surface area contributed by atoms with Crippen molar-refractivity contribution in [1.82, 2.24) is 0 Å². The number of rotatable bonds is 8. The Balaban J connectivity index is 1.24. The number of nitrogens with zero attached hydrogens (tertiary/aromatic N) is 2. The Morgan fingerprint density at radius 2 is 0.653 bits per heavy atom. The van der Waals surface area contributed by atoms with Gasteiger partial charge in [-0.05, 0) is 90.0 Å². The molecule has 0 spiro atoms. The average molecular weight is 653 g/mol. The van der Waals surface area contributed by atoms with E-state index in [-0.39, 0.29) is 0 Å². The van der Waals surface area contributed by atoms with Crippen molar-refractivity contribution >= 4 is 54.4 Å². The topological polar surface area (TPSA) is 40.6 Å². The van der Waals surface area contributed by atoms with Crippen molar-refractivity contribution in [2.24, 2.45) is 0 Å². The maximum absolute atomic E-state index is 14.3. The molecule has 1 heterocycles. The van der Waals surface area contributed by atoms with Crippen molar-refractivity contribution in [2.75, 3.05) is 9.80 Å². The molecule has 0 aliphatic carbocycles. The summed E-state index contributed by atoms with van der Waals surface area (Å²) in [5.41, 5.74) is 8.93. The quantitative estimate of drug-likeness (QED) is 0.164. The monoisotopic (exact) mass is 652 g/mol. The zero-order valence-electron chi connectivity index (χ0n) is 26.6. The van der Waals surface area contributed by atoms with Gasteiger partial charge in [0.25, 0.3) is 0 Å². The van der Waals surface area contributed by atoms with Gasteiger partial charge in [-0.3, -0.25) is 0 Å². The molecule has 5 heteroatoms. The van der Waals surface area contributed by atoms with Gasteiger partial charge in [-0.25, -0.2) is 8.42 Å². The molecule has 0 amide bonds. The highest BCUT2D eigenvalue weighted by Gasteiger charge is 2.37. The minimum Gasteiger partial charge on any atom is -0.311 e. The van der Waals surface area contributed by atoms with E-state index in [4.69, 9.17) is 0 Å². The Bertz CT molecular complexity index is 2280. The Kier molecular flexibility index (Phi) is 7.88. The minimum absolute atomic E-state index is 0.321. The number of fused-ring (bicyclic) bond motifs is 1. The largest absolute Gasteiger partial charge is 0.311 e. The summed E-state index contributed by atoms with van der Waals surface area (Å²) in [6.07, 6.45) is 0. The van der Waals surface area contributed by atoms with Crippen LogP contribution in [0.2, 0.25) is 0 Å². The van der Waals surface area contributed by atoms with Crippen LogP contribution in [-0.4, -0.2) is 8.42 Å². The van der Waals surface area contributed by atoms with Gasteiger partial charge >= 0.3 is 0 Å². The van der Waals surface area contributed by atoms with Gasteiger partial charge in [0.15, 0.2) is 0 Å². The second-order valence-corrected chi connectivity index (χ2v) is 13.7. The molecule has 0 unspecified atom stereocenters. The summed E-state index contributed by atoms with van der Waals surface area (Å²) in [6, 6.07) is 64.2. The predicted octanol–water partition coefficient (Wildman–Crippen LogP) is 11.3. The highest BCUT2D eigenvalue weighted by molar-refractivity contribution is 8.01. The van der Waals surface area contributed by atoms with Gasteiger partial charge < -0.3 is 9.80 Å². The second kappa shape index (κ2) is 12.8. The smallest absolute Gasteiger partial charge is 0.208 e. The third kappa shape index (κ3) is 5.60. The molecule has 0 bridgehead atoms. The van der Waals surface area contributed by atoms with Gasteiger partial charge in [0, 0.05) is 45.3 Å². The van der Waals surface area contributed by atoms with Crippen molar-refractivity contribution in [3.05, 3.63) is 211 Å². The lowest BCUT2D eigenvalue weighted by Gasteiger charge is -2.26. The first-order valence-corrected chi connectivity index (χ1v) is 17.7. The van der Waals surface area contributed by atoms with Crippen LogP contribution in [0.3, 0.4) is 0 Å². The van der Waals surface area contributed by atoms with Crippen molar-refractivity contribution in [3.63, 3.8) is 0 Å². The molecule has 7 aromatic carbocycles. The summed E-state index contributed by atoms with van der Waals surface area (Å²) in [5.74, 6) is 0. The Labute approximate surface area is 287 Å². The fraction of sp³-hybridized carbons (Fsp3) is 0. The zero-order chi connectivity index (χ0) is 33.2. The van der Waals surface area contributed by atoms with E-state index in [1.807, 2.05) is 121 Å². The van der Waals surface area contributed by atoms with Gasteiger partial charge in [0.1, 0.15) is 0 Å². The molecule has 1 aliphatic heterocycles. The summed E-state index contributed by atoms with van der Waals surface area (Å²) >= 11 is 0. The van der Waals surface area contributed by atoms with Crippen LogP contribution in [0.1, 0.15) is 16.7 Å². The molecule has 1 aliphatic rings. The number of hydrogen-bond acceptors (Lipinski definition) is 4. The Morgan fingerprint density at radius 1 is 0.327 bits per heavy atom. The fourth-order valence-corrected chi connectivity index (χ4v) is 8.48. The van der Waals surface area contributed by atoms with Gasteiger partial charge in [-0.15, -0.1) is 0 Å². The molecule has 7 aromatic rings. The zero-order valence-corrected chi connectivity index (χ0v) is 27.4. The van der Waals surface area contributed by atoms with Crippen molar-refractivity contribution in [2.45, 2.75) is 4.90 Å². The van der Waals surface area contributed by atoms with Gasteiger partial charge in [-0.1, -0.05) is 115 Å². The van der Waals surface area contributed by atoms with E-state index in [2.05, 4.69) is 70.5 Å². The molecule has 49 heavy (non-hydrogen) atoms. The van der Waals surface area contributed by atoms with Gasteiger partial charge in [-0.2, -0.15) is 0 Å². The van der Waals surface area contributed by atoms with E-state index in [0.717, 1.165) is 39.7 Å². The molecule has 0 aromatic heterocycles. The van der Waals surface area contributed by atoms with Gasteiger partial charge in [0.2, 0.25) is 9.84 Å². The predicted molar refractivity (Wildman–Crippen MR) is 202 cm³/mol. The maximum Gasteiger partial charge on any atom is 0.208 e. The number of para-hydroxylation sites is 4. The number of sulfone groups is 1. The van der Waals surface area contributed by atoms with E-state index in [0.29, 0.717) is 26.5 Å². The molecule has 0 N–H and O–H groups in total. The summed E-state index contributed by atoms with van der Waals surface area (Å²) < 4.78 is 28.6. The Morgan fingerprint density at radius 3 is 1.06 bits per heavy atom. The van der Waals surface area contributed by atoms with E-state index in [9.17, 15) is 8.42 Å². The number of hydrogen-bond donors (Lipinski definition) is 0. The lowest BCUT2D eigenvalue weighted by atomic mass is 9.95. The summed E-state index contributed by atoms with van der Waals surface area (Å²) in [5, 5.41) is 0. The van der Waals surface area contributed by atoms with E-state index in [1.165, 1.54) is 0 Å². The van der Waals surface area contributed by atoms with Crippen molar-refractivity contribution in [3.8, 4) is 0 Å². The third-order valence-electron chi connectivity index (χ3n) is 8.80. The molecule has 0 radical (unpaired) electrons. The fourth-order valence-electron chi connectivity index (χ4n) is 6.60. The second-order valence-electron chi connectivity index (χ2n) is 11.8. The SMILES string of the molecule is O=S1(=O)C(c2ccc(N(c3ccccc3)c3ccccc3)cc2)=C(c2ccc(N(c3ccccc3)c3ccccc3)cc2)c2ccccc21. The highest BCUT2D eigenvalue weighted by atomic mass is 32.2. The molecular weight excluding hydrogens is 621 g/mol. The van der Waals surface area contributed by atoms with Crippen LogP contribution < -0.4 is 9.80 Å². The first-order valence-electron chi connectivity index (χ1n) is 16.2. The van der Waals surface area contributed by atoms with Crippen LogP contribution in [0.4, 0.5) is 34.1 Å². The lowest BCUT2D eigenvalue weighted by molar-refractivity contribution is 0.606. The first kappa shape index (κ1) is 30.2. The van der Waals surface area contributed by atoms with Crippen LogP contribution in [0.25, 0.3) is 10.5 Å². The molecule has 0 fully saturated rings. The highest BCUT2D eigenvalue weighted by Crippen LogP contribution is 2.48. The van der Waals surface area contributed by atoms with Crippen LogP contribution in [0.5, 0.6) is 0 Å². The van der Waals surface area contributed by atoms with Crippen molar-refractivity contribution in [1.29, 1.82) is 0 Å². The Hall–Kier alpha value is -6.17. The molecule has 236 valence electrons. The van der Waals surface area contributed by atoms with Crippen LogP contribution in [0, 0.1) is 0 Å². The molecule has 0 saturated carbocycles. The minimum atomic E-state index is -3.79. The van der Waals surface area contributed by atoms with Gasteiger partial charge in [0.05, 0.1) is 9.80 Å². The van der Waals surface area contributed by atoms with Crippen molar-refractivity contribution < 1.29 is 8.42 Å². The maximum atomic E-state index is 14.3. The lowest BCUT2D eigenvalue weighted by Crippen LogP contribution is -2.10. The summed E-state index contributed by atoms with van der Waals surface area (Å²) in [4.78, 5) is 5.02. The number of benzene rings is 7. The van der Waals surface area contributed by atoms with Crippen LogP contribution >= 0.6 is 0 Å². The standard InChI is InChI=1S/C44H32N2O2S/c47-49(48)42-24-14-13-23-41(42)43(33-25-29-39(30-26-33)45(35-15-5-1-6-16-35)36-17-7-2-8-18-36)44(49)34-27-31-40(32-28-34)46(37-19-9-3-10-20-37)38-21-11-4-12-22-38/h1-32H. The molecular formula is C44H32N2O2S.